The quantitative estimate of drug-likeness (QED) is 0.121. The highest BCUT2D eigenvalue weighted by Gasteiger charge is 2.06. The van der Waals surface area contributed by atoms with E-state index in [2.05, 4.69) is 0 Å². The van der Waals surface area contributed by atoms with Gasteiger partial charge in [0.25, 0.3) is 0 Å². The van der Waals surface area contributed by atoms with E-state index < -0.39 is 11.9 Å². The number of aromatic carboxylic acids is 2. The molecule has 0 aliphatic rings. The lowest BCUT2D eigenvalue weighted by Crippen LogP contribution is -2.01. The number of ether oxygens (including phenoxy) is 2. The third-order valence-corrected chi connectivity index (χ3v) is 5.72. The number of allylic oxidation sites excluding steroid dienone is 2. The van der Waals surface area contributed by atoms with Crippen molar-refractivity contribution in [3.63, 3.8) is 0 Å². The van der Waals surface area contributed by atoms with E-state index in [-0.39, 0.29) is 29.5 Å². The van der Waals surface area contributed by atoms with Gasteiger partial charge in [-0.05, 0) is 71.8 Å². The summed E-state index contributed by atoms with van der Waals surface area (Å²) in [6, 6.07) is 25.9. The summed E-state index contributed by atoms with van der Waals surface area (Å²) in [5.41, 5.74) is 1.99. The zero-order chi connectivity index (χ0) is 33.2. The van der Waals surface area contributed by atoms with Crippen LogP contribution in [0.3, 0.4) is 0 Å². The van der Waals surface area contributed by atoms with E-state index >= 15 is 0 Å². The lowest BCUT2D eigenvalue weighted by atomic mass is 10.1. The zero-order valence-corrected chi connectivity index (χ0v) is 24.5. The van der Waals surface area contributed by atoms with Crippen molar-refractivity contribution < 1.29 is 49.1 Å². The Morgan fingerprint density at radius 3 is 1.22 bits per heavy atom. The first-order valence-electron chi connectivity index (χ1n) is 13.3. The number of rotatable bonds is 10. The molecule has 0 fully saturated rings. The topological polar surface area (TPSA) is 168 Å². The second-order valence-corrected chi connectivity index (χ2v) is 8.98. The number of carboxylic acids is 2. The van der Waals surface area contributed by atoms with Crippen molar-refractivity contribution in [3.8, 4) is 23.0 Å². The summed E-state index contributed by atoms with van der Waals surface area (Å²) in [6.45, 7) is 0. The van der Waals surface area contributed by atoms with Crippen LogP contribution in [0.1, 0.15) is 38.3 Å². The monoisotopic (exact) mass is 612 g/mol. The number of hydrogen-bond donors (Lipinski definition) is 4. The van der Waals surface area contributed by atoms with E-state index in [4.69, 9.17) is 19.7 Å². The smallest absolute Gasteiger partial charge is 0.335 e. The zero-order valence-electron chi connectivity index (χ0n) is 24.5. The number of carboxylic acid groups (broad SMARTS) is 2. The number of ketones is 2. The minimum absolute atomic E-state index is 0.00662. The highest BCUT2D eigenvalue weighted by Crippen LogP contribution is 2.27. The van der Waals surface area contributed by atoms with Crippen molar-refractivity contribution in [2.24, 2.45) is 0 Å². The summed E-state index contributed by atoms with van der Waals surface area (Å²) in [5, 5.41) is 35.9. The molecule has 0 aromatic heterocycles. The molecule has 4 aromatic carbocycles. The van der Waals surface area contributed by atoms with Gasteiger partial charge < -0.3 is 29.9 Å². The van der Waals surface area contributed by atoms with Gasteiger partial charge in [-0.3, -0.25) is 9.59 Å². The van der Waals surface area contributed by atoms with Crippen LogP contribution in [0.25, 0.3) is 12.2 Å². The van der Waals surface area contributed by atoms with Crippen LogP contribution < -0.4 is 9.47 Å². The number of methoxy groups -OCH3 is 2. The number of phenols is 2. The number of benzene rings is 4. The van der Waals surface area contributed by atoms with Crippen molar-refractivity contribution in [1.82, 2.24) is 0 Å². The minimum atomic E-state index is -0.879. The second kappa shape index (κ2) is 18.4. The number of hydrogen-bond acceptors (Lipinski definition) is 8. The molecule has 45 heavy (non-hydrogen) atoms. The normalized spacial score (nSPS) is 10.2. The highest BCUT2D eigenvalue weighted by atomic mass is 16.5. The fourth-order valence-corrected chi connectivity index (χ4v) is 3.43. The van der Waals surface area contributed by atoms with Gasteiger partial charge in [0.1, 0.15) is 0 Å². The Morgan fingerprint density at radius 2 is 0.933 bits per heavy atom. The molecule has 0 heterocycles. The second-order valence-electron chi connectivity index (χ2n) is 8.98. The molecule has 0 saturated carbocycles. The van der Waals surface area contributed by atoms with Crippen LogP contribution >= 0.6 is 0 Å². The number of aromatic hydroxyl groups is 2. The van der Waals surface area contributed by atoms with Crippen LogP contribution in [-0.2, 0) is 9.59 Å². The summed E-state index contributed by atoms with van der Waals surface area (Å²) in [7, 11) is 2.87. The molecular weight excluding hydrogens is 580 g/mol. The molecule has 0 amide bonds. The highest BCUT2D eigenvalue weighted by molar-refractivity contribution is 6.10. The van der Waals surface area contributed by atoms with Gasteiger partial charge in [0, 0.05) is 0 Å². The molecule has 0 aliphatic carbocycles. The first-order chi connectivity index (χ1) is 21.5. The predicted octanol–water partition coefficient (Wildman–Crippen LogP) is 6.14. The van der Waals surface area contributed by atoms with Crippen LogP contribution in [0.4, 0.5) is 0 Å². The molecule has 4 rings (SSSR count). The van der Waals surface area contributed by atoms with Crippen LogP contribution in [0, 0.1) is 0 Å². The van der Waals surface area contributed by atoms with E-state index in [1.54, 1.807) is 97.1 Å². The molecule has 0 bridgehead atoms. The maximum Gasteiger partial charge on any atom is 0.335 e. The molecule has 10 heteroatoms. The fourth-order valence-electron chi connectivity index (χ4n) is 3.43. The molecule has 232 valence electrons. The number of carbonyl (C=O) groups excluding carboxylic acids is 2. The van der Waals surface area contributed by atoms with Crippen molar-refractivity contribution in [2.45, 2.75) is 6.42 Å². The third kappa shape index (κ3) is 12.7. The number of phenolic OH excluding ortho intramolecular Hbond substituents is 2. The van der Waals surface area contributed by atoms with Crippen molar-refractivity contribution in [2.75, 3.05) is 14.2 Å². The molecule has 0 radical (unpaired) electrons. The molecular formula is C35H32O10. The summed E-state index contributed by atoms with van der Waals surface area (Å²) in [4.78, 5) is 44.3. The maximum atomic E-state index is 11.9. The Kier molecular flexibility index (Phi) is 14.3. The van der Waals surface area contributed by atoms with Gasteiger partial charge in [-0.15, -0.1) is 0 Å². The molecule has 4 aromatic rings. The van der Waals surface area contributed by atoms with Gasteiger partial charge >= 0.3 is 11.9 Å². The third-order valence-electron chi connectivity index (χ3n) is 5.72. The lowest BCUT2D eigenvalue weighted by Gasteiger charge is -2.03. The van der Waals surface area contributed by atoms with E-state index in [0.717, 1.165) is 0 Å². The molecule has 0 saturated heterocycles. The van der Waals surface area contributed by atoms with Crippen molar-refractivity contribution in [3.05, 3.63) is 131 Å². The van der Waals surface area contributed by atoms with Gasteiger partial charge in [0.05, 0.1) is 31.8 Å². The van der Waals surface area contributed by atoms with Crippen molar-refractivity contribution in [1.29, 1.82) is 0 Å². The average Bonchev–Trinajstić information content (AvgIpc) is 3.05. The summed E-state index contributed by atoms with van der Waals surface area (Å²) < 4.78 is 10.00. The summed E-state index contributed by atoms with van der Waals surface area (Å²) >= 11 is 0. The molecule has 0 unspecified atom stereocenters. The number of carbonyl (C=O) groups is 4. The van der Waals surface area contributed by atoms with E-state index in [1.165, 1.54) is 38.5 Å². The van der Waals surface area contributed by atoms with E-state index in [0.29, 0.717) is 33.8 Å². The Hall–Kier alpha value is -6.16. The summed E-state index contributed by atoms with van der Waals surface area (Å²) in [6.07, 6.45) is 5.44. The Morgan fingerprint density at radius 1 is 0.578 bits per heavy atom. The van der Waals surface area contributed by atoms with Crippen LogP contribution in [0.15, 0.2) is 109 Å². The predicted molar refractivity (Wildman–Crippen MR) is 169 cm³/mol. The van der Waals surface area contributed by atoms with Gasteiger partial charge in [0.2, 0.25) is 0 Å². The first-order valence-corrected chi connectivity index (χ1v) is 13.3. The van der Waals surface area contributed by atoms with E-state index in [9.17, 15) is 29.4 Å². The largest absolute Gasteiger partial charge is 0.504 e. The average molecular weight is 613 g/mol. The Bertz CT molecular complexity index is 1520. The van der Waals surface area contributed by atoms with E-state index in [1.807, 2.05) is 0 Å². The standard InChI is InChI=1S/C21H20O6.2C7H6O2/c1-26-20-11-14(5-9-18(20)24)3-7-16(22)13-17(23)8-4-15-6-10-19(25)21(12-15)27-2;2*8-7(9)6-4-2-1-3-5-6/h3-12,24-25H,13H2,1-2H3;2*1-5H,(H,8,9)/b7-3+,8-4+;;. The fraction of sp³-hybridized carbons (Fsp3) is 0.0857. The van der Waals surface area contributed by atoms with Crippen LogP contribution in [0.5, 0.6) is 23.0 Å². The van der Waals surface area contributed by atoms with Gasteiger partial charge in [-0.1, -0.05) is 60.7 Å². The molecule has 10 nitrogen and oxygen atoms in total. The molecule has 0 spiro atoms. The van der Waals surface area contributed by atoms with Crippen LogP contribution in [0.2, 0.25) is 0 Å². The SMILES string of the molecule is COc1cc(/C=C/C(=O)CC(=O)/C=C/c2ccc(O)c(OC)c2)ccc1O.O=C(O)c1ccccc1.O=C(O)c1ccccc1. The Balaban J connectivity index is 0.000000315. The van der Waals surface area contributed by atoms with Gasteiger partial charge in [-0.2, -0.15) is 0 Å². The molecule has 0 atom stereocenters. The Labute approximate surface area is 259 Å². The summed E-state index contributed by atoms with van der Waals surface area (Å²) in [5.74, 6) is -1.84. The van der Waals surface area contributed by atoms with Crippen molar-refractivity contribution >= 4 is 35.7 Å². The first kappa shape index (κ1) is 35.0. The molecule has 0 aliphatic heterocycles. The van der Waals surface area contributed by atoms with Crippen LogP contribution in [-0.4, -0.2) is 58.2 Å². The molecule has 4 N–H and O–H groups in total. The van der Waals surface area contributed by atoms with Gasteiger partial charge in [0.15, 0.2) is 34.6 Å². The lowest BCUT2D eigenvalue weighted by molar-refractivity contribution is -0.121. The maximum absolute atomic E-state index is 11.9. The van der Waals surface area contributed by atoms with Gasteiger partial charge in [-0.25, -0.2) is 9.59 Å². The minimum Gasteiger partial charge on any atom is -0.504 e.